The Labute approximate surface area is 224 Å². The van der Waals surface area contributed by atoms with Crippen molar-refractivity contribution in [2.45, 2.75) is 30.7 Å². The van der Waals surface area contributed by atoms with Crippen LogP contribution < -0.4 is 24.0 Å². The molecule has 3 aromatic rings. The summed E-state index contributed by atoms with van der Waals surface area (Å²) in [6.45, 7) is 4.60. The Balaban J connectivity index is 1.52. The van der Waals surface area contributed by atoms with Crippen LogP contribution >= 0.6 is 0 Å². The maximum Gasteiger partial charge on any atom is 0.264 e. The van der Waals surface area contributed by atoms with Gasteiger partial charge < -0.3 is 19.3 Å². The van der Waals surface area contributed by atoms with E-state index in [9.17, 15) is 13.2 Å². The van der Waals surface area contributed by atoms with Crippen LogP contribution in [0.1, 0.15) is 30.0 Å². The Bertz CT molecular complexity index is 1390. The first-order valence-corrected chi connectivity index (χ1v) is 14.3. The number of amides is 1. The average molecular weight is 536 g/mol. The molecule has 0 aromatic heterocycles. The highest BCUT2D eigenvalue weighted by Gasteiger charge is 2.34. The number of hydrogen-bond donors (Lipinski definition) is 1. The third-order valence-electron chi connectivity index (χ3n) is 7.18. The number of para-hydroxylation sites is 2. The fourth-order valence-electron chi connectivity index (χ4n) is 4.99. The van der Waals surface area contributed by atoms with Crippen molar-refractivity contribution >= 4 is 27.8 Å². The third-order valence-corrected chi connectivity index (χ3v) is 8.53. The van der Waals surface area contributed by atoms with Crippen molar-refractivity contribution in [3.63, 3.8) is 0 Å². The van der Waals surface area contributed by atoms with Gasteiger partial charge in [0.1, 0.15) is 11.5 Å². The van der Waals surface area contributed by atoms with Crippen LogP contribution in [0.25, 0.3) is 0 Å². The molecular weight excluding hydrogens is 502 g/mol. The van der Waals surface area contributed by atoms with Crippen LogP contribution in [0.3, 0.4) is 0 Å². The van der Waals surface area contributed by atoms with Gasteiger partial charge in [-0.3, -0.25) is 9.52 Å². The first-order chi connectivity index (χ1) is 18.4. The van der Waals surface area contributed by atoms with Gasteiger partial charge in [0.05, 0.1) is 30.3 Å². The Kier molecular flexibility index (Phi) is 7.46. The summed E-state index contributed by atoms with van der Waals surface area (Å²) in [6, 6.07) is 20.7. The number of hydrogen-bond acceptors (Lipinski definition) is 7. The molecule has 2 aliphatic rings. The maximum atomic E-state index is 13.1. The van der Waals surface area contributed by atoms with E-state index in [1.165, 1.54) is 12.8 Å². The standard InChI is InChI=1S/C29H33N3O5S/c1-21-7-14-29(38(34,35)30-20-33)25(17-21)27-18-31(15-16-32(27)26-5-3-4-6-28(26)36-2)23-10-12-24(13-11-23)37-19-22-8-9-22/h3-7,10-14,17,20,22,27H,8-9,15-16,18-19H2,1-2H3,(H,30,33). The predicted octanol–water partition coefficient (Wildman–Crippen LogP) is 4.30. The van der Waals surface area contributed by atoms with E-state index in [-0.39, 0.29) is 17.3 Å². The van der Waals surface area contributed by atoms with E-state index in [1.54, 1.807) is 19.2 Å². The summed E-state index contributed by atoms with van der Waals surface area (Å²) in [4.78, 5) is 15.7. The number of rotatable bonds is 10. The topological polar surface area (TPSA) is 88.2 Å². The lowest BCUT2D eigenvalue weighted by atomic mass is 9.98. The van der Waals surface area contributed by atoms with Gasteiger partial charge in [0.15, 0.2) is 0 Å². The van der Waals surface area contributed by atoms with E-state index in [2.05, 4.69) is 21.9 Å². The number of benzene rings is 3. The maximum absolute atomic E-state index is 13.1. The normalized spacial score (nSPS) is 17.7. The number of ether oxygens (including phenoxy) is 2. The molecule has 0 radical (unpaired) electrons. The number of carbonyl (C=O) groups is 1. The molecule has 9 heteroatoms. The molecule has 2 fully saturated rings. The van der Waals surface area contributed by atoms with E-state index in [0.29, 0.717) is 30.3 Å². The molecule has 1 heterocycles. The van der Waals surface area contributed by atoms with Crippen molar-refractivity contribution in [2.75, 3.05) is 43.2 Å². The minimum absolute atomic E-state index is 0.0887. The quantitative estimate of drug-likeness (QED) is 0.388. The van der Waals surface area contributed by atoms with Gasteiger partial charge in [-0.2, -0.15) is 0 Å². The molecule has 0 spiro atoms. The van der Waals surface area contributed by atoms with Gasteiger partial charge in [0.2, 0.25) is 6.41 Å². The molecule has 3 aromatic carbocycles. The first kappa shape index (κ1) is 25.9. The smallest absolute Gasteiger partial charge is 0.264 e. The summed E-state index contributed by atoms with van der Waals surface area (Å²) in [7, 11) is -2.40. The number of carbonyl (C=O) groups excluding carboxylic acids is 1. The van der Waals surface area contributed by atoms with Crippen molar-refractivity contribution < 1.29 is 22.7 Å². The number of methoxy groups -OCH3 is 1. The monoisotopic (exact) mass is 535 g/mol. The summed E-state index contributed by atoms with van der Waals surface area (Å²) >= 11 is 0. The highest BCUT2D eigenvalue weighted by molar-refractivity contribution is 7.90. The Morgan fingerprint density at radius 1 is 1.03 bits per heavy atom. The van der Waals surface area contributed by atoms with Crippen LogP contribution in [-0.4, -0.2) is 48.2 Å². The number of nitrogens with one attached hydrogen (secondary N) is 1. The fraction of sp³-hybridized carbons (Fsp3) is 0.345. The van der Waals surface area contributed by atoms with Crippen LogP contribution in [-0.2, 0) is 14.8 Å². The second kappa shape index (κ2) is 10.9. The molecule has 5 rings (SSSR count). The second-order valence-corrected chi connectivity index (χ2v) is 11.5. The van der Waals surface area contributed by atoms with Gasteiger partial charge in [-0.05, 0) is 73.7 Å². The third kappa shape index (κ3) is 5.57. The van der Waals surface area contributed by atoms with E-state index in [0.717, 1.165) is 35.8 Å². The van der Waals surface area contributed by atoms with Crippen LogP contribution in [0.15, 0.2) is 71.6 Å². The van der Waals surface area contributed by atoms with Crippen LogP contribution in [0.4, 0.5) is 11.4 Å². The Morgan fingerprint density at radius 2 is 1.79 bits per heavy atom. The van der Waals surface area contributed by atoms with Crippen LogP contribution in [0, 0.1) is 12.8 Å². The number of sulfonamides is 1. The second-order valence-electron chi connectivity index (χ2n) is 9.86. The van der Waals surface area contributed by atoms with Crippen molar-refractivity contribution in [3.8, 4) is 11.5 Å². The van der Waals surface area contributed by atoms with Crippen molar-refractivity contribution in [1.82, 2.24) is 4.72 Å². The van der Waals surface area contributed by atoms with Crippen molar-refractivity contribution in [3.05, 3.63) is 77.9 Å². The first-order valence-electron chi connectivity index (χ1n) is 12.8. The molecule has 1 unspecified atom stereocenters. The number of piperazine rings is 1. The lowest BCUT2D eigenvalue weighted by Crippen LogP contribution is -2.49. The molecule has 200 valence electrons. The van der Waals surface area contributed by atoms with Crippen LogP contribution in [0.5, 0.6) is 11.5 Å². The molecule has 1 saturated carbocycles. The van der Waals surface area contributed by atoms with E-state index >= 15 is 0 Å². The zero-order valence-electron chi connectivity index (χ0n) is 21.7. The fourth-order valence-corrected chi connectivity index (χ4v) is 6.00. The SMILES string of the molecule is COc1ccccc1N1CCN(c2ccc(OCC3CC3)cc2)CC1c1cc(C)ccc1S(=O)(=O)NC=O. The predicted molar refractivity (Wildman–Crippen MR) is 148 cm³/mol. The lowest BCUT2D eigenvalue weighted by Gasteiger charge is -2.44. The molecule has 1 amide bonds. The van der Waals surface area contributed by atoms with Gasteiger partial charge in [-0.1, -0.05) is 29.8 Å². The van der Waals surface area contributed by atoms with E-state index in [1.807, 2.05) is 54.1 Å². The number of anilines is 2. The molecular formula is C29H33N3O5S. The zero-order valence-corrected chi connectivity index (χ0v) is 22.5. The largest absolute Gasteiger partial charge is 0.495 e. The Morgan fingerprint density at radius 3 is 2.50 bits per heavy atom. The molecule has 1 aliphatic carbocycles. The molecule has 0 bridgehead atoms. The molecule has 1 N–H and O–H groups in total. The number of aryl methyl sites for hydroxylation is 1. The minimum atomic E-state index is -4.04. The van der Waals surface area contributed by atoms with Crippen molar-refractivity contribution in [2.24, 2.45) is 5.92 Å². The molecule has 8 nitrogen and oxygen atoms in total. The molecule has 1 saturated heterocycles. The van der Waals surface area contributed by atoms with Crippen LogP contribution in [0.2, 0.25) is 0 Å². The van der Waals surface area contributed by atoms with Gasteiger partial charge >= 0.3 is 0 Å². The van der Waals surface area contributed by atoms with E-state index in [4.69, 9.17) is 9.47 Å². The Hall–Kier alpha value is -3.72. The van der Waals surface area contributed by atoms with Crippen molar-refractivity contribution in [1.29, 1.82) is 0 Å². The number of nitrogens with zero attached hydrogens (tertiary/aromatic N) is 2. The molecule has 38 heavy (non-hydrogen) atoms. The zero-order chi connectivity index (χ0) is 26.7. The van der Waals surface area contributed by atoms with Gasteiger partial charge in [0, 0.05) is 25.3 Å². The summed E-state index contributed by atoms with van der Waals surface area (Å²) in [6.07, 6.45) is 2.70. The summed E-state index contributed by atoms with van der Waals surface area (Å²) in [5.74, 6) is 2.26. The molecule has 1 atom stereocenters. The minimum Gasteiger partial charge on any atom is -0.495 e. The highest BCUT2D eigenvalue weighted by Crippen LogP contribution is 2.40. The summed E-state index contributed by atoms with van der Waals surface area (Å²) in [5.41, 5.74) is 3.48. The summed E-state index contributed by atoms with van der Waals surface area (Å²) < 4.78 is 39.7. The van der Waals surface area contributed by atoms with Gasteiger partial charge in [-0.25, -0.2) is 8.42 Å². The van der Waals surface area contributed by atoms with Gasteiger partial charge in [-0.15, -0.1) is 0 Å². The molecule has 1 aliphatic heterocycles. The highest BCUT2D eigenvalue weighted by atomic mass is 32.2. The lowest BCUT2D eigenvalue weighted by molar-refractivity contribution is -0.108. The van der Waals surface area contributed by atoms with E-state index < -0.39 is 10.0 Å². The van der Waals surface area contributed by atoms with Gasteiger partial charge in [0.25, 0.3) is 10.0 Å². The summed E-state index contributed by atoms with van der Waals surface area (Å²) in [5, 5.41) is 0. The average Bonchev–Trinajstić information content (AvgIpc) is 3.76.